The van der Waals surface area contributed by atoms with Gasteiger partial charge in [0.05, 0.1) is 61.5 Å². The summed E-state index contributed by atoms with van der Waals surface area (Å²) in [5.74, 6) is -0.924. The first-order valence-corrected chi connectivity index (χ1v) is 15.7. The Balaban J connectivity index is 1.39. The second-order valence-corrected chi connectivity index (χ2v) is 12.0. The minimum Gasteiger partial charge on any atom is -0.493 e. The Morgan fingerprint density at radius 3 is 1.48 bits per heavy atom. The van der Waals surface area contributed by atoms with Crippen molar-refractivity contribution in [3.05, 3.63) is 79.9 Å². The molecule has 0 radical (unpaired) electrons. The molecule has 270 valence electrons. The average Bonchev–Trinajstić information content (AvgIpc) is 3.68. The summed E-state index contributed by atoms with van der Waals surface area (Å²) in [7, 11) is 4.45. The molecule has 0 spiro atoms. The smallest absolute Gasteiger partial charge is 0.286 e. The first kappa shape index (κ1) is 37.6. The van der Waals surface area contributed by atoms with Crippen LogP contribution in [0.15, 0.2) is 48.6 Å². The van der Waals surface area contributed by atoms with E-state index in [-0.39, 0.29) is 73.6 Å². The van der Waals surface area contributed by atoms with E-state index in [1.54, 1.807) is 7.05 Å². The van der Waals surface area contributed by atoms with Gasteiger partial charge < -0.3 is 39.0 Å². The van der Waals surface area contributed by atoms with E-state index in [0.29, 0.717) is 25.9 Å². The average molecular weight is 700 g/mol. The van der Waals surface area contributed by atoms with Gasteiger partial charge in [-0.1, -0.05) is 24.3 Å². The zero-order valence-corrected chi connectivity index (χ0v) is 28.2. The van der Waals surface area contributed by atoms with E-state index < -0.39 is 45.1 Å². The molecule has 17 heteroatoms. The van der Waals surface area contributed by atoms with Crippen molar-refractivity contribution in [1.29, 1.82) is 0 Å². The molecule has 2 N–H and O–H groups in total. The summed E-state index contributed by atoms with van der Waals surface area (Å²) < 4.78 is 22.4. The summed E-state index contributed by atoms with van der Waals surface area (Å²) in [4.78, 5) is 53.6. The summed E-state index contributed by atoms with van der Waals surface area (Å²) in [5.41, 5.74) is 0.105. The van der Waals surface area contributed by atoms with Crippen LogP contribution in [0.1, 0.15) is 33.6 Å². The molecule has 2 aromatic carbocycles. The minimum atomic E-state index is -0.682. The fraction of sp³-hybridized carbons (Fsp3) is 0.455. The first-order valence-electron chi connectivity index (χ1n) is 15.7. The lowest BCUT2D eigenvalue weighted by Crippen LogP contribution is -2.38. The number of carbonyl (C=O) groups excluding carboxylic acids is 2. The van der Waals surface area contributed by atoms with Gasteiger partial charge in [-0.25, -0.2) is 0 Å². The van der Waals surface area contributed by atoms with E-state index in [0.717, 1.165) is 23.3 Å². The van der Waals surface area contributed by atoms with Gasteiger partial charge in [0.15, 0.2) is 23.0 Å². The highest BCUT2D eigenvalue weighted by molar-refractivity contribution is 6.00. The molecule has 2 amide bonds. The van der Waals surface area contributed by atoms with Crippen LogP contribution < -0.4 is 18.9 Å². The number of carbonyl (C=O) groups is 2. The molecule has 0 saturated carbocycles. The van der Waals surface area contributed by atoms with E-state index in [9.17, 15) is 40.0 Å². The molecule has 0 aromatic heterocycles. The summed E-state index contributed by atoms with van der Waals surface area (Å²) in [5, 5.41) is 43.3. The molecule has 0 aliphatic carbocycles. The number of hydrogen-bond donors (Lipinski definition) is 2. The Morgan fingerprint density at radius 2 is 1.16 bits per heavy atom. The Kier molecular flexibility index (Phi) is 12.3. The summed E-state index contributed by atoms with van der Waals surface area (Å²) in [6.07, 6.45) is 0.798. The molecular weight excluding hydrogens is 658 g/mol. The van der Waals surface area contributed by atoms with Gasteiger partial charge in [0.1, 0.15) is 24.3 Å². The Bertz CT molecular complexity index is 1540. The summed E-state index contributed by atoms with van der Waals surface area (Å²) in [6.45, 7) is 8.25. The summed E-state index contributed by atoms with van der Waals surface area (Å²) in [6, 6.07) is 3.70. The largest absolute Gasteiger partial charge is 0.493 e. The number of ether oxygens (including phenoxy) is 4. The number of nitro groups is 2. The number of aliphatic hydroxyl groups is 2. The zero-order valence-electron chi connectivity index (χ0n) is 28.2. The minimum absolute atomic E-state index is 0.0557. The maximum atomic E-state index is 13.3. The van der Waals surface area contributed by atoms with Crippen molar-refractivity contribution >= 4 is 23.2 Å². The van der Waals surface area contributed by atoms with Crippen molar-refractivity contribution in [1.82, 2.24) is 14.7 Å². The van der Waals surface area contributed by atoms with Gasteiger partial charge in [-0.2, -0.15) is 0 Å². The normalized spacial score (nSPS) is 17.3. The number of hydrogen-bond acceptors (Lipinski definition) is 13. The standard InChI is InChI=1S/C33H41N5O12/c1-20-10-22(18-39)35(16-20)32(41)24-12-28(47-4)30(14-26(24)37(43)44)49-8-6-34(3)7-9-50-31-15-27(38(45)46)25(13-29(31)48-5)33(42)36-17-21(2)11-23(36)19-40/h12-15,22-23,39-40H,1-2,6-11,16-19H2,3-5H3/t22-,23-/m0/s1. The summed E-state index contributed by atoms with van der Waals surface area (Å²) >= 11 is 0. The quantitative estimate of drug-likeness (QED) is 0.147. The van der Waals surface area contributed by atoms with Gasteiger partial charge in [0.2, 0.25) is 0 Å². The predicted molar refractivity (Wildman–Crippen MR) is 179 cm³/mol. The first-order chi connectivity index (χ1) is 23.8. The number of aliphatic hydroxyl groups excluding tert-OH is 2. The number of likely N-dealkylation sites (N-methyl/N-ethyl adjacent to an activating group) is 1. The van der Waals surface area contributed by atoms with Crippen molar-refractivity contribution in [2.75, 3.05) is 73.9 Å². The molecule has 2 atom stereocenters. The molecular formula is C33H41N5O12. The molecule has 0 unspecified atom stereocenters. The molecule has 50 heavy (non-hydrogen) atoms. The van der Waals surface area contributed by atoms with E-state index >= 15 is 0 Å². The highest BCUT2D eigenvalue weighted by Gasteiger charge is 2.37. The van der Waals surface area contributed by atoms with Gasteiger partial charge in [-0.3, -0.25) is 34.7 Å². The van der Waals surface area contributed by atoms with Crippen LogP contribution in [0.4, 0.5) is 11.4 Å². The molecule has 2 aliphatic heterocycles. The second kappa shape index (κ2) is 16.4. The van der Waals surface area contributed by atoms with Gasteiger partial charge in [-0.05, 0) is 19.9 Å². The molecule has 2 aliphatic rings. The number of benzene rings is 2. The lowest BCUT2D eigenvalue weighted by atomic mass is 10.1. The van der Waals surface area contributed by atoms with Crippen molar-refractivity contribution < 1.29 is 48.6 Å². The molecule has 0 bridgehead atoms. The molecule has 4 rings (SSSR count). The molecule has 2 saturated heterocycles. The SMILES string of the molecule is C=C1C[C@@H](CO)N(C(=O)c2cc(OC)c(OCCN(C)CCOc3cc([N+](=O)[O-])c(C(=O)N4CC(=C)C[C@H]4CO)cc3OC)cc2[N+](=O)[O-])C1. The van der Waals surface area contributed by atoms with Gasteiger partial charge in [-0.15, -0.1) is 0 Å². The van der Waals surface area contributed by atoms with Crippen LogP contribution in [0.25, 0.3) is 0 Å². The second-order valence-electron chi connectivity index (χ2n) is 12.0. The molecule has 2 fully saturated rings. The number of methoxy groups -OCH3 is 2. The van der Waals surface area contributed by atoms with Crippen LogP contribution in [0.5, 0.6) is 23.0 Å². The Morgan fingerprint density at radius 1 is 0.780 bits per heavy atom. The predicted octanol–water partition coefficient (Wildman–Crippen LogP) is 2.44. The van der Waals surface area contributed by atoms with E-state index in [2.05, 4.69) is 13.2 Å². The fourth-order valence-electron chi connectivity index (χ4n) is 5.89. The number of nitro benzene ring substituents is 2. The van der Waals surface area contributed by atoms with E-state index in [1.165, 1.54) is 36.2 Å². The lowest BCUT2D eigenvalue weighted by molar-refractivity contribution is -0.385. The van der Waals surface area contributed by atoms with Crippen molar-refractivity contribution in [3.63, 3.8) is 0 Å². The maximum Gasteiger partial charge on any atom is 0.286 e. The van der Waals surface area contributed by atoms with Crippen LogP contribution in [-0.2, 0) is 0 Å². The van der Waals surface area contributed by atoms with Crippen LogP contribution >= 0.6 is 0 Å². The van der Waals surface area contributed by atoms with Crippen LogP contribution in [0.2, 0.25) is 0 Å². The molecule has 2 aromatic rings. The van der Waals surface area contributed by atoms with E-state index in [4.69, 9.17) is 18.9 Å². The molecule has 17 nitrogen and oxygen atoms in total. The third-order valence-corrected chi connectivity index (χ3v) is 8.54. The molecule has 2 heterocycles. The van der Waals surface area contributed by atoms with Gasteiger partial charge >= 0.3 is 0 Å². The topological polar surface area (TPSA) is 208 Å². The van der Waals surface area contributed by atoms with Gasteiger partial charge in [0.25, 0.3) is 23.2 Å². The Hall–Kier alpha value is -5.26. The third kappa shape index (κ3) is 8.30. The highest BCUT2D eigenvalue weighted by Crippen LogP contribution is 2.38. The van der Waals surface area contributed by atoms with Crippen molar-refractivity contribution in [3.8, 4) is 23.0 Å². The van der Waals surface area contributed by atoms with Crippen LogP contribution in [0.3, 0.4) is 0 Å². The fourth-order valence-corrected chi connectivity index (χ4v) is 5.89. The number of rotatable bonds is 16. The number of amides is 2. The highest BCUT2D eigenvalue weighted by atomic mass is 16.6. The lowest BCUT2D eigenvalue weighted by Gasteiger charge is -2.23. The monoisotopic (exact) mass is 699 g/mol. The van der Waals surface area contributed by atoms with E-state index in [1.807, 2.05) is 4.90 Å². The van der Waals surface area contributed by atoms with Crippen molar-refractivity contribution in [2.45, 2.75) is 24.9 Å². The number of likely N-dealkylation sites (tertiary alicyclic amines) is 2. The van der Waals surface area contributed by atoms with Crippen molar-refractivity contribution in [2.24, 2.45) is 0 Å². The maximum absolute atomic E-state index is 13.3. The van der Waals surface area contributed by atoms with Crippen LogP contribution in [0, 0.1) is 20.2 Å². The number of nitrogens with zero attached hydrogens (tertiary/aromatic N) is 5. The third-order valence-electron chi connectivity index (χ3n) is 8.54. The van der Waals surface area contributed by atoms with Crippen LogP contribution in [-0.4, -0.2) is 133 Å². The Labute approximate surface area is 288 Å². The zero-order chi connectivity index (χ0) is 36.7. The van der Waals surface area contributed by atoms with Gasteiger partial charge in [0, 0.05) is 38.3 Å².